The van der Waals surface area contributed by atoms with Gasteiger partial charge in [0.15, 0.2) is 11.4 Å². The van der Waals surface area contributed by atoms with Gasteiger partial charge in [-0.3, -0.25) is 0 Å². The second kappa shape index (κ2) is 8.91. The van der Waals surface area contributed by atoms with Crippen molar-refractivity contribution >= 4 is 21.6 Å². The van der Waals surface area contributed by atoms with Gasteiger partial charge in [-0.2, -0.15) is 5.23 Å². The molecule has 1 heterocycles. The average molecular weight is 483 g/mol. The van der Waals surface area contributed by atoms with E-state index in [1.807, 2.05) is 31.2 Å². The smallest absolute Gasteiger partial charge is 0.178 e. The van der Waals surface area contributed by atoms with Gasteiger partial charge in [0.05, 0.1) is 16.8 Å². The first-order chi connectivity index (χ1) is 14.9. The molecule has 0 fully saturated rings. The van der Waals surface area contributed by atoms with Crippen molar-refractivity contribution in [2.75, 3.05) is 0 Å². The molecule has 0 spiro atoms. The van der Waals surface area contributed by atoms with E-state index in [-0.39, 0.29) is 18.0 Å². The van der Waals surface area contributed by atoms with Crippen LogP contribution in [0.4, 0.5) is 5.69 Å². The number of aryl methyl sites for hydroxylation is 1. The molecule has 4 aromatic rings. The zero-order valence-corrected chi connectivity index (χ0v) is 18.1. The lowest BCUT2D eigenvalue weighted by Gasteiger charge is -2.12. The van der Waals surface area contributed by atoms with Crippen molar-refractivity contribution in [3.63, 3.8) is 0 Å². The molecule has 1 unspecified atom stereocenters. The number of nitrogens with zero attached hydrogens (tertiary/aromatic N) is 1. The first kappa shape index (κ1) is 21.1. The molecule has 8 heteroatoms. The fraction of sp³-hybridized carbons (Fsp3) is 0.0870. The van der Waals surface area contributed by atoms with Gasteiger partial charge in [0.25, 0.3) is 0 Å². The van der Waals surface area contributed by atoms with Crippen LogP contribution in [0, 0.1) is 12.1 Å². The Morgan fingerprint density at radius 1 is 1.06 bits per heavy atom. The van der Waals surface area contributed by atoms with Crippen LogP contribution in [0.2, 0.25) is 0 Å². The SMILES string of the molecule is Cc1noc(-c2ccc(OCc3ccc([NH+]([O-])O)cc3)cc2O)c1-c1ccc(Br)cc1. The second-order valence-electron chi connectivity index (χ2n) is 6.95. The Morgan fingerprint density at radius 3 is 2.42 bits per heavy atom. The Balaban J connectivity index is 1.55. The molecule has 4 rings (SSSR count). The van der Waals surface area contributed by atoms with Crippen LogP contribution in [0.5, 0.6) is 11.5 Å². The van der Waals surface area contributed by atoms with E-state index in [1.165, 1.54) is 18.2 Å². The Bertz CT molecular complexity index is 1190. The summed E-state index contributed by atoms with van der Waals surface area (Å²) in [7, 11) is 0. The van der Waals surface area contributed by atoms with Crippen molar-refractivity contribution in [1.29, 1.82) is 0 Å². The van der Waals surface area contributed by atoms with Crippen LogP contribution in [0.3, 0.4) is 0 Å². The maximum atomic E-state index is 10.9. The van der Waals surface area contributed by atoms with Crippen molar-refractivity contribution in [2.24, 2.45) is 0 Å². The molecule has 0 amide bonds. The first-order valence-electron chi connectivity index (χ1n) is 9.43. The van der Waals surface area contributed by atoms with Crippen LogP contribution in [-0.4, -0.2) is 15.5 Å². The number of phenolic OH excluding ortho intramolecular Hbond substituents is 1. The number of halogens is 1. The molecule has 158 valence electrons. The summed E-state index contributed by atoms with van der Waals surface area (Å²) in [6, 6.07) is 19.2. The fourth-order valence-electron chi connectivity index (χ4n) is 3.21. The maximum Gasteiger partial charge on any atom is 0.178 e. The number of aromatic hydroxyl groups is 1. The molecule has 0 radical (unpaired) electrons. The number of phenols is 1. The fourth-order valence-corrected chi connectivity index (χ4v) is 3.48. The van der Waals surface area contributed by atoms with Crippen LogP contribution in [0.15, 0.2) is 75.7 Å². The van der Waals surface area contributed by atoms with Crippen molar-refractivity contribution < 1.29 is 24.8 Å². The summed E-state index contributed by atoms with van der Waals surface area (Å²) in [5.41, 5.74) is 4.02. The summed E-state index contributed by atoms with van der Waals surface area (Å²) in [6.07, 6.45) is 0. The molecule has 3 N–H and O–H groups in total. The van der Waals surface area contributed by atoms with Gasteiger partial charge < -0.3 is 19.6 Å². The number of ether oxygens (including phenoxy) is 1. The zero-order valence-electron chi connectivity index (χ0n) is 16.5. The molecule has 3 aromatic carbocycles. The van der Waals surface area contributed by atoms with E-state index in [4.69, 9.17) is 14.5 Å². The Kier molecular flexibility index (Phi) is 6.06. The van der Waals surface area contributed by atoms with Crippen LogP contribution < -0.4 is 9.96 Å². The summed E-state index contributed by atoms with van der Waals surface area (Å²) in [6.45, 7) is 2.10. The van der Waals surface area contributed by atoms with Gasteiger partial charge in [-0.1, -0.05) is 33.2 Å². The molecule has 0 aliphatic rings. The highest BCUT2D eigenvalue weighted by Gasteiger charge is 2.20. The van der Waals surface area contributed by atoms with Gasteiger partial charge in [0, 0.05) is 22.7 Å². The van der Waals surface area contributed by atoms with Gasteiger partial charge in [0.1, 0.15) is 18.1 Å². The van der Waals surface area contributed by atoms with Gasteiger partial charge >= 0.3 is 0 Å². The Morgan fingerprint density at radius 2 is 1.77 bits per heavy atom. The summed E-state index contributed by atoms with van der Waals surface area (Å²) >= 11 is 3.43. The molecule has 31 heavy (non-hydrogen) atoms. The van der Waals surface area contributed by atoms with Crippen LogP contribution in [0.25, 0.3) is 22.5 Å². The van der Waals surface area contributed by atoms with Crippen LogP contribution in [0.1, 0.15) is 11.3 Å². The molecule has 1 aromatic heterocycles. The summed E-state index contributed by atoms with van der Waals surface area (Å²) in [4.78, 5) is 0. The summed E-state index contributed by atoms with van der Waals surface area (Å²) < 4.78 is 12.2. The topological polar surface area (TPSA) is 103 Å². The van der Waals surface area contributed by atoms with Gasteiger partial charge in [-0.15, -0.1) is 0 Å². The minimum atomic E-state index is -0.974. The molecule has 0 saturated heterocycles. The maximum absolute atomic E-state index is 10.9. The van der Waals surface area contributed by atoms with Gasteiger partial charge in [-0.25, -0.2) is 5.21 Å². The van der Waals surface area contributed by atoms with Crippen molar-refractivity contribution in [3.8, 4) is 33.9 Å². The highest BCUT2D eigenvalue weighted by molar-refractivity contribution is 9.10. The predicted octanol–water partition coefficient (Wildman–Crippen LogP) is 4.77. The van der Waals surface area contributed by atoms with E-state index >= 15 is 0 Å². The lowest BCUT2D eigenvalue weighted by molar-refractivity contribution is -0.991. The predicted molar refractivity (Wildman–Crippen MR) is 118 cm³/mol. The third-order valence-electron chi connectivity index (χ3n) is 4.82. The third kappa shape index (κ3) is 4.62. The standard InChI is InChI=1S/C23H19BrN2O5/c1-14-22(16-4-6-17(24)7-5-16)23(31-25-14)20-11-10-19(12-21(20)27)30-13-15-2-8-18(9-3-15)26(28)29/h2-12,26-28H,13H2,1H3. The lowest BCUT2D eigenvalue weighted by atomic mass is 9.99. The monoisotopic (exact) mass is 482 g/mol. The molecular formula is C23H19BrN2O5. The highest BCUT2D eigenvalue weighted by atomic mass is 79.9. The molecule has 7 nitrogen and oxygen atoms in total. The lowest BCUT2D eigenvalue weighted by Crippen LogP contribution is -2.99. The third-order valence-corrected chi connectivity index (χ3v) is 5.34. The first-order valence-corrected chi connectivity index (χ1v) is 10.2. The number of benzene rings is 3. The Labute approximate surface area is 186 Å². The summed E-state index contributed by atoms with van der Waals surface area (Å²) in [5.74, 6) is 0.964. The number of hydrogen-bond donors (Lipinski definition) is 3. The second-order valence-corrected chi connectivity index (χ2v) is 7.86. The number of quaternary nitrogens is 1. The average Bonchev–Trinajstić information content (AvgIpc) is 3.14. The number of hydrogen-bond acceptors (Lipinski definition) is 6. The molecule has 1 atom stereocenters. The minimum Gasteiger partial charge on any atom is -0.595 e. The van der Waals surface area contributed by atoms with E-state index in [9.17, 15) is 10.3 Å². The van der Waals surface area contributed by atoms with Crippen LogP contribution in [-0.2, 0) is 6.61 Å². The summed E-state index contributed by atoms with van der Waals surface area (Å²) in [5, 5.41) is 33.6. The molecule has 0 bridgehead atoms. The quantitative estimate of drug-likeness (QED) is 0.342. The number of nitrogens with one attached hydrogen (secondary N) is 1. The normalized spacial score (nSPS) is 12.0. The van der Waals surface area contributed by atoms with E-state index in [0.29, 0.717) is 17.1 Å². The largest absolute Gasteiger partial charge is 0.595 e. The highest BCUT2D eigenvalue weighted by Crippen LogP contribution is 2.40. The Hall–Kier alpha value is -3.17. The molecular weight excluding hydrogens is 464 g/mol. The van der Waals surface area contributed by atoms with Crippen LogP contribution >= 0.6 is 15.9 Å². The minimum absolute atomic E-state index is 0.00763. The van der Waals surface area contributed by atoms with Crippen molar-refractivity contribution in [2.45, 2.75) is 13.5 Å². The van der Waals surface area contributed by atoms with Crippen molar-refractivity contribution in [1.82, 2.24) is 5.16 Å². The number of aromatic nitrogens is 1. The van der Waals surface area contributed by atoms with Crippen molar-refractivity contribution in [3.05, 3.63) is 87.7 Å². The van der Waals surface area contributed by atoms with E-state index in [0.717, 1.165) is 26.9 Å². The molecule has 0 saturated carbocycles. The van der Waals surface area contributed by atoms with E-state index in [2.05, 4.69) is 21.1 Å². The van der Waals surface area contributed by atoms with E-state index in [1.54, 1.807) is 24.3 Å². The van der Waals surface area contributed by atoms with Gasteiger partial charge in [-0.05, 0) is 54.4 Å². The molecule has 0 aliphatic heterocycles. The van der Waals surface area contributed by atoms with Gasteiger partial charge in [0.2, 0.25) is 0 Å². The zero-order chi connectivity index (χ0) is 22.0. The molecule has 0 aliphatic carbocycles. The number of rotatable bonds is 6. The van der Waals surface area contributed by atoms with E-state index < -0.39 is 5.23 Å².